The van der Waals surface area contributed by atoms with E-state index in [4.69, 9.17) is 5.73 Å². The van der Waals surface area contributed by atoms with Gasteiger partial charge in [0.05, 0.1) is 12.6 Å². The minimum absolute atomic E-state index is 0. The van der Waals surface area contributed by atoms with E-state index in [1.54, 1.807) is 0 Å². The van der Waals surface area contributed by atoms with Crippen LogP contribution >= 0.6 is 12.4 Å². The van der Waals surface area contributed by atoms with E-state index in [-0.39, 0.29) is 17.8 Å². The van der Waals surface area contributed by atoms with Crippen LogP contribution in [0.1, 0.15) is 38.1 Å². The highest BCUT2D eigenvalue weighted by Gasteiger charge is 2.34. The molecule has 2 fully saturated rings. The normalized spacial score (nSPS) is 28.3. The summed E-state index contributed by atoms with van der Waals surface area (Å²) in [6.45, 7) is 6.04. The molecule has 6 nitrogen and oxygen atoms in total. The van der Waals surface area contributed by atoms with Crippen LogP contribution in [0.15, 0.2) is 0 Å². The fraction of sp³-hybridized carbons (Fsp3) is 0.909. The van der Waals surface area contributed by atoms with Crippen LogP contribution in [0, 0.1) is 5.41 Å². The smallest absolute Gasteiger partial charge is 0.165 e. The van der Waals surface area contributed by atoms with Gasteiger partial charge in [-0.15, -0.1) is 17.5 Å². The summed E-state index contributed by atoms with van der Waals surface area (Å²) in [6.07, 6.45) is 3.62. The first kappa shape index (κ1) is 13.7. The van der Waals surface area contributed by atoms with Crippen molar-refractivity contribution in [3.8, 4) is 0 Å². The summed E-state index contributed by atoms with van der Waals surface area (Å²) in [7, 11) is 0. The Morgan fingerprint density at radius 3 is 2.83 bits per heavy atom. The number of nitrogens with zero attached hydrogens (tertiary/aromatic N) is 5. The summed E-state index contributed by atoms with van der Waals surface area (Å²) in [5, 5.41) is 12.0. The van der Waals surface area contributed by atoms with Gasteiger partial charge in [-0.25, -0.2) is 4.68 Å². The van der Waals surface area contributed by atoms with Crippen LogP contribution < -0.4 is 5.73 Å². The molecule has 0 bridgehead atoms. The highest BCUT2D eigenvalue weighted by molar-refractivity contribution is 5.85. The van der Waals surface area contributed by atoms with Crippen LogP contribution in [-0.2, 0) is 6.54 Å². The van der Waals surface area contributed by atoms with E-state index >= 15 is 0 Å². The Morgan fingerprint density at radius 2 is 2.22 bits per heavy atom. The van der Waals surface area contributed by atoms with Gasteiger partial charge in [0.15, 0.2) is 5.82 Å². The lowest BCUT2D eigenvalue weighted by molar-refractivity contribution is 0.264. The molecule has 2 aliphatic rings. The van der Waals surface area contributed by atoms with Gasteiger partial charge in [-0.05, 0) is 48.2 Å². The first-order valence-electron chi connectivity index (χ1n) is 6.39. The van der Waals surface area contributed by atoms with Crippen LogP contribution in [0.25, 0.3) is 0 Å². The van der Waals surface area contributed by atoms with Crippen molar-refractivity contribution >= 4 is 12.4 Å². The van der Waals surface area contributed by atoms with Crippen molar-refractivity contribution in [2.24, 2.45) is 11.1 Å². The maximum atomic E-state index is 5.82. The minimum Gasteiger partial charge on any atom is -0.330 e. The third kappa shape index (κ3) is 2.65. The zero-order valence-corrected chi connectivity index (χ0v) is 11.6. The summed E-state index contributed by atoms with van der Waals surface area (Å²) >= 11 is 0. The molecule has 18 heavy (non-hydrogen) atoms. The van der Waals surface area contributed by atoms with Gasteiger partial charge in [-0.2, -0.15) is 0 Å². The number of likely N-dealkylation sites (tertiary alicyclic amines) is 1. The topological polar surface area (TPSA) is 72.9 Å². The molecule has 1 atom stereocenters. The van der Waals surface area contributed by atoms with Crippen molar-refractivity contribution in [1.82, 2.24) is 25.1 Å². The second-order valence-electron chi connectivity index (χ2n) is 5.75. The summed E-state index contributed by atoms with van der Waals surface area (Å²) in [6, 6.07) is 0.559. The molecule has 102 valence electrons. The predicted octanol–water partition coefficient (Wildman–Crippen LogP) is 0.600. The average Bonchev–Trinajstić information content (AvgIpc) is 2.96. The molecule has 3 rings (SSSR count). The van der Waals surface area contributed by atoms with Crippen LogP contribution in [0.5, 0.6) is 0 Å². The Kier molecular flexibility index (Phi) is 3.89. The molecule has 1 unspecified atom stereocenters. The number of hydrogen-bond donors (Lipinski definition) is 1. The molecule has 0 aromatic carbocycles. The highest BCUT2D eigenvalue weighted by Crippen LogP contribution is 2.35. The molecule has 0 radical (unpaired) electrons. The average molecular weight is 273 g/mol. The number of nitrogens with two attached hydrogens (primary N) is 1. The van der Waals surface area contributed by atoms with Crippen molar-refractivity contribution in [2.75, 3.05) is 19.6 Å². The van der Waals surface area contributed by atoms with E-state index in [0.717, 1.165) is 32.0 Å². The molecule has 2 heterocycles. The van der Waals surface area contributed by atoms with Crippen LogP contribution in [0.4, 0.5) is 0 Å². The fourth-order valence-corrected chi connectivity index (χ4v) is 2.55. The number of hydrogen-bond acceptors (Lipinski definition) is 5. The van der Waals surface area contributed by atoms with Crippen molar-refractivity contribution in [3.05, 3.63) is 5.82 Å². The van der Waals surface area contributed by atoms with Crippen molar-refractivity contribution in [3.63, 3.8) is 0 Å². The summed E-state index contributed by atoms with van der Waals surface area (Å²) in [5.74, 6) is 1.01. The van der Waals surface area contributed by atoms with E-state index in [9.17, 15) is 0 Å². The zero-order valence-electron chi connectivity index (χ0n) is 10.7. The van der Waals surface area contributed by atoms with Gasteiger partial charge in [0, 0.05) is 6.54 Å². The van der Waals surface area contributed by atoms with Gasteiger partial charge in [0.2, 0.25) is 0 Å². The van der Waals surface area contributed by atoms with Gasteiger partial charge in [-0.1, -0.05) is 6.92 Å². The van der Waals surface area contributed by atoms with Gasteiger partial charge >= 0.3 is 0 Å². The van der Waals surface area contributed by atoms with Gasteiger partial charge < -0.3 is 5.73 Å². The van der Waals surface area contributed by atoms with Crippen molar-refractivity contribution in [1.29, 1.82) is 0 Å². The number of aromatic nitrogens is 4. The zero-order chi connectivity index (χ0) is 11.9. The lowest BCUT2D eigenvalue weighted by Crippen LogP contribution is -2.31. The van der Waals surface area contributed by atoms with Crippen LogP contribution in [0.2, 0.25) is 0 Å². The summed E-state index contributed by atoms with van der Waals surface area (Å²) in [5.41, 5.74) is 6.10. The van der Waals surface area contributed by atoms with Crippen molar-refractivity contribution < 1.29 is 0 Å². The molecule has 1 aliphatic carbocycles. The molecule has 1 aliphatic heterocycles. The van der Waals surface area contributed by atoms with Gasteiger partial charge in [0.1, 0.15) is 0 Å². The minimum atomic E-state index is 0. The number of halogens is 1. The second-order valence-corrected chi connectivity index (χ2v) is 5.75. The Bertz CT molecular complexity index is 404. The SMILES string of the molecule is CC1(CN)CCN(Cc2nnnn2C2CC2)C1.Cl. The van der Waals surface area contributed by atoms with E-state index < -0.39 is 0 Å². The maximum absolute atomic E-state index is 5.82. The quantitative estimate of drug-likeness (QED) is 0.869. The Balaban J connectivity index is 0.00000120. The Labute approximate surface area is 113 Å². The van der Waals surface area contributed by atoms with Gasteiger partial charge in [0.25, 0.3) is 0 Å². The molecule has 1 aromatic rings. The maximum Gasteiger partial charge on any atom is 0.165 e. The molecule has 2 N–H and O–H groups in total. The monoisotopic (exact) mass is 272 g/mol. The molecular formula is C11H21ClN6. The second kappa shape index (κ2) is 5.11. The van der Waals surface area contributed by atoms with E-state index in [0.29, 0.717) is 6.04 Å². The number of rotatable bonds is 4. The molecule has 7 heteroatoms. The lowest BCUT2D eigenvalue weighted by atomic mass is 9.90. The molecule has 0 spiro atoms. The summed E-state index contributed by atoms with van der Waals surface area (Å²) < 4.78 is 2.00. The fourth-order valence-electron chi connectivity index (χ4n) is 2.55. The van der Waals surface area contributed by atoms with Crippen LogP contribution in [-0.4, -0.2) is 44.7 Å². The molecule has 1 aromatic heterocycles. The molecular weight excluding hydrogens is 252 g/mol. The first-order chi connectivity index (χ1) is 8.20. The predicted molar refractivity (Wildman–Crippen MR) is 70.4 cm³/mol. The molecule has 1 saturated heterocycles. The molecule has 1 saturated carbocycles. The third-order valence-electron chi connectivity index (χ3n) is 3.95. The molecule has 0 amide bonds. The first-order valence-corrected chi connectivity index (χ1v) is 6.39. The highest BCUT2D eigenvalue weighted by atomic mass is 35.5. The van der Waals surface area contributed by atoms with Crippen molar-refractivity contribution in [2.45, 2.75) is 38.8 Å². The van der Waals surface area contributed by atoms with Crippen LogP contribution in [0.3, 0.4) is 0 Å². The lowest BCUT2D eigenvalue weighted by Gasteiger charge is -2.22. The van der Waals surface area contributed by atoms with E-state index in [2.05, 4.69) is 27.3 Å². The van der Waals surface area contributed by atoms with E-state index in [1.165, 1.54) is 19.3 Å². The summed E-state index contributed by atoms with van der Waals surface area (Å²) in [4.78, 5) is 2.41. The largest absolute Gasteiger partial charge is 0.330 e. The standard InChI is InChI=1S/C11H20N6.ClH/c1-11(7-12)4-5-16(8-11)6-10-13-14-15-17(10)9-2-3-9;/h9H,2-8,12H2,1H3;1H. The van der Waals surface area contributed by atoms with E-state index in [1.807, 2.05) is 4.68 Å². The Hall–Kier alpha value is -0.720. The third-order valence-corrected chi connectivity index (χ3v) is 3.95. The van der Waals surface area contributed by atoms with Gasteiger partial charge in [-0.3, -0.25) is 4.90 Å². The number of tetrazole rings is 1. The Morgan fingerprint density at radius 1 is 1.44 bits per heavy atom.